The maximum absolute atomic E-state index is 13.0. The minimum atomic E-state index is -4.40. The first-order valence-corrected chi connectivity index (χ1v) is 7.75. The number of hydrogen-bond acceptors (Lipinski definition) is 3. The van der Waals surface area contributed by atoms with Crippen molar-refractivity contribution in [3.63, 3.8) is 0 Å². The quantitative estimate of drug-likeness (QED) is 0.863. The summed E-state index contributed by atoms with van der Waals surface area (Å²) in [6.45, 7) is 4.84. The van der Waals surface area contributed by atoms with Crippen LogP contribution in [0.25, 0.3) is 0 Å². The Balaban J connectivity index is 1.87. The first-order valence-electron chi connectivity index (χ1n) is 7.75. The molecule has 0 saturated heterocycles. The average molecular weight is 350 g/mol. The highest BCUT2D eigenvalue weighted by Crippen LogP contribution is 2.35. The molecule has 2 aromatic rings. The molecule has 0 spiro atoms. The third-order valence-corrected chi connectivity index (χ3v) is 4.08. The molecule has 1 aromatic heterocycles. The summed E-state index contributed by atoms with van der Waals surface area (Å²) in [5, 5.41) is 6.95. The summed E-state index contributed by atoms with van der Waals surface area (Å²) in [5.41, 5.74) is -0.255. The van der Waals surface area contributed by atoms with E-state index in [1.807, 2.05) is 0 Å². The van der Waals surface area contributed by atoms with Gasteiger partial charge in [0.05, 0.1) is 11.8 Å². The molecule has 0 unspecified atom stereocenters. The molecule has 0 bridgehead atoms. The van der Waals surface area contributed by atoms with E-state index in [1.165, 1.54) is 12.1 Å². The van der Waals surface area contributed by atoms with Crippen molar-refractivity contribution in [3.05, 3.63) is 54.7 Å². The smallest absolute Gasteiger partial charge is 0.352 e. The Morgan fingerprint density at radius 2 is 2.16 bits per heavy atom. The van der Waals surface area contributed by atoms with Crippen molar-refractivity contribution in [1.82, 2.24) is 15.1 Å². The van der Waals surface area contributed by atoms with E-state index < -0.39 is 11.7 Å². The Labute approximate surface area is 142 Å². The van der Waals surface area contributed by atoms with Crippen molar-refractivity contribution in [1.29, 1.82) is 0 Å². The van der Waals surface area contributed by atoms with E-state index >= 15 is 0 Å². The van der Waals surface area contributed by atoms with Gasteiger partial charge < -0.3 is 10.2 Å². The van der Waals surface area contributed by atoms with Crippen LogP contribution in [0.5, 0.6) is 0 Å². The second kappa shape index (κ2) is 6.62. The molecule has 1 aliphatic rings. The minimum Gasteiger partial charge on any atom is -0.352 e. The normalized spacial score (nSPS) is 17.1. The van der Waals surface area contributed by atoms with Crippen molar-refractivity contribution < 1.29 is 18.0 Å². The fourth-order valence-electron chi connectivity index (χ4n) is 2.88. The van der Waals surface area contributed by atoms with Crippen molar-refractivity contribution in [3.8, 4) is 0 Å². The third kappa shape index (κ3) is 3.67. The van der Waals surface area contributed by atoms with Crippen LogP contribution >= 0.6 is 0 Å². The summed E-state index contributed by atoms with van der Waals surface area (Å²) in [6, 6.07) is 6.96. The molecule has 1 aromatic carbocycles. The maximum atomic E-state index is 13.0. The lowest BCUT2D eigenvalue weighted by molar-refractivity contribution is -0.137. The molecule has 3 rings (SSSR count). The van der Waals surface area contributed by atoms with E-state index in [9.17, 15) is 18.0 Å². The molecule has 132 valence electrons. The predicted octanol–water partition coefficient (Wildman–Crippen LogP) is 2.97. The molecule has 0 aliphatic carbocycles. The molecule has 0 saturated carbocycles. The van der Waals surface area contributed by atoms with Crippen LogP contribution < -0.4 is 10.2 Å². The van der Waals surface area contributed by atoms with Crippen LogP contribution in [0.3, 0.4) is 0 Å². The van der Waals surface area contributed by atoms with Gasteiger partial charge in [-0.1, -0.05) is 12.6 Å². The topological polar surface area (TPSA) is 50.2 Å². The minimum absolute atomic E-state index is 0.00541. The van der Waals surface area contributed by atoms with Crippen LogP contribution in [0.4, 0.5) is 24.7 Å². The first-order chi connectivity index (χ1) is 11.9. The Kier molecular flexibility index (Phi) is 4.52. The van der Waals surface area contributed by atoms with Crippen molar-refractivity contribution in [2.45, 2.75) is 12.7 Å². The Morgan fingerprint density at radius 1 is 1.36 bits per heavy atom. The van der Waals surface area contributed by atoms with Gasteiger partial charge in [-0.05, 0) is 24.3 Å². The van der Waals surface area contributed by atoms with Gasteiger partial charge in [-0.15, -0.1) is 0 Å². The third-order valence-electron chi connectivity index (χ3n) is 4.08. The zero-order valence-electron chi connectivity index (χ0n) is 13.3. The van der Waals surface area contributed by atoms with E-state index in [0.717, 1.165) is 18.0 Å². The van der Waals surface area contributed by atoms with E-state index in [4.69, 9.17) is 0 Å². The van der Waals surface area contributed by atoms with E-state index in [1.54, 1.807) is 27.9 Å². The average Bonchev–Trinajstić information content (AvgIpc) is 3.06. The molecule has 5 nitrogen and oxygen atoms in total. The van der Waals surface area contributed by atoms with Gasteiger partial charge in [-0.3, -0.25) is 4.79 Å². The number of amides is 1. The van der Waals surface area contributed by atoms with E-state index in [-0.39, 0.29) is 11.8 Å². The highest BCUT2D eigenvalue weighted by Gasteiger charge is 2.32. The lowest BCUT2D eigenvalue weighted by Gasteiger charge is -2.35. The summed E-state index contributed by atoms with van der Waals surface area (Å²) in [6.07, 6.45) is -1.60. The van der Waals surface area contributed by atoms with Gasteiger partial charge in [0.2, 0.25) is 5.91 Å². The number of nitrogens with zero attached hydrogens (tertiary/aromatic N) is 3. The van der Waals surface area contributed by atoms with Gasteiger partial charge in [0.15, 0.2) is 0 Å². The number of anilines is 2. The number of aromatic nitrogens is 2. The molecular weight excluding hydrogens is 333 g/mol. The molecular formula is C17H17F3N4O. The summed E-state index contributed by atoms with van der Waals surface area (Å²) >= 11 is 0. The predicted molar refractivity (Wildman–Crippen MR) is 87.4 cm³/mol. The van der Waals surface area contributed by atoms with Gasteiger partial charge in [-0.25, -0.2) is 4.68 Å². The second-order valence-electron chi connectivity index (χ2n) is 5.85. The van der Waals surface area contributed by atoms with Crippen LogP contribution in [-0.2, 0) is 17.5 Å². The lowest BCUT2D eigenvalue weighted by atomic mass is 10.1. The Bertz CT molecular complexity index is 784. The van der Waals surface area contributed by atoms with Crippen LogP contribution in [0.1, 0.15) is 5.56 Å². The van der Waals surface area contributed by atoms with Gasteiger partial charge in [0.25, 0.3) is 0 Å². The molecule has 0 radical (unpaired) electrons. The largest absolute Gasteiger partial charge is 0.416 e. The zero-order chi connectivity index (χ0) is 18.0. The highest BCUT2D eigenvalue weighted by atomic mass is 19.4. The summed E-state index contributed by atoms with van der Waals surface area (Å²) in [4.78, 5) is 13.2. The molecule has 25 heavy (non-hydrogen) atoms. The number of fused-ring (bicyclic) bond motifs is 1. The zero-order valence-corrected chi connectivity index (χ0v) is 13.3. The van der Waals surface area contributed by atoms with E-state index in [0.29, 0.717) is 25.3 Å². The number of alkyl halides is 3. The molecule has 1 aliphatic heterocycles. The van der Waals surface area contributed by atoms with Crippen molar-refractivity contribution >= 4 is 17.4 Å². The number of benzene rings is 1. The number of rotatable bonds is 4. The lowest BCUT2D eigenvalue weighted by Crippen LogP contribution is -2.41. The molecule has 8 heteroatoms. The van der Waals surface area contributed by atoms with Crippen molar-refractivity contribution in [2.75, 3.05) is 18.0 Å². The Morgan fingerprint density at radius 3 is 2.88 bits per heavy atom. The van der Waals surface area contributed by atoms with Crippen LogP contribution in [0.2, 0.25) is 0 Å². The van der Waals surface area contributed by atoms with Gasteiger partial charge in [0.1, 0.15) is 5.82 Å². The monoisotopic (exact) mass is 350 g/mol. The number of hydrogen-bond donors (Lipinski definition) is 1. The Hall–Kier alpha value is -2.77. The number of nitrogens with one attached hydrogen (secondary N) is 1. The van der Waals surface area contributed by atoms with Gasteiger partial charge >= 0.3 is 6.18 Å². The molecule has 0 fully saturated rings. The highest BCUT2D eigenvalue weighted by molar-refractivity contribution is 5.86. The fraction of sp³-hybridized carbons (Fsp3) is 0.294. The standard InChI is InChI=1S/C17H17F3N4O/c1-2-15(25)21-9-12-10-23(16-6-7-22-24(16)11-12)14-5-3-4-13(8-14)17(18,19)20/h2-8,12H,1,9-11H2,(H,21,25)/t12-/m0/s1. The maximum Gasteiger partial charge on any atom is 0.416 e. The summed E-state index contributed by atoms with van der Waals surface area (Å²) in [5.74, 6) is 0.452. The van der Waals surface area contributed by atoms with Crippen molar-refractivity contribution in [2.24, 2.45) is 5.92 Å². The number of carbonyl (C=O) groups is 1. The second-order valence-corrected chi connectivity index (χ2v) is 5.85. The van der Waals surface area contributed by atoms with Gasteiger partial charge in [0, 0.05) is 37.3 Å². The van der Waals surface area contributed by atoms with E-state index in [2.05, 4.69) is 17.0 Å². The molecule has 1 amide bonds. The summed E-state index contributed by atoms with van der Waals surface area (Å²) < 4.78 is 40.7. The van der Waals surface area contributed by atoms with Crippen LogP contribution in [-0.4, -0.2) is 28.8 Å². The molecule has 1 atom stereocenters. The first kappa shape index (κ1) is 17.1. The number of halogens is 3. The molecule has 1 N–H and O–H groups in total. The summed E-state index contributed by atoms with van der Waals surface area (Å²) in [7, 11) is 0. The van der Waals surface area contributed by atoms with Gasteiger partial charge in [-0.2, -0.15) is 18.3 Å². The SMILES string of the molecule is C=CC(=O)NC[C@H]1CN(c2cccc(C(F)(F)F)c2)c2ccnn2C1. The molecule has 2 heterocycles. The van der Waals surface area contributed by atoms with Crippen LogP contribution in [0, 0.1) is 5.92 Å². The number of carbonyl (C=O) groups excluding carboxylic acids is 1. The van der Waals surface area contributed by atoms with Crippen LogP contribution in [0.15, 0.2) is 49.2 Å². The fourth-order valence-corrected chi connectivity index (χ4v) is 2.88.